The molecule has 0 spiro atoms. The summed E-state index contributed by atoms with van der Waals surface area (Å²) in [7, 11) is -3.51. The number of para-hydroxylation sites is 1. The maximum absolute atomic E-state index is 12.7. The predicted molar refractivity (Wildman–Crippen MR) is 108 cm³/mol. The van der Waals surface area contributed by atoms with Gasteiger partial charge in [0, 0.05) is 24.4 Å². The van der Waals surface area contributed by atoms with Crippen molar-refractivity contribution in [3.05, 3.63) is 66.7 Å². The number of aromatic nitrogens is 1. The Morgan fingerprint density at radius 3 is 2.36 bits per heavy atom. The quantitative estimate of drug-likeness (QED) is 0.735. The number of nitrogens with zero attached hydrogens (tertiary/aromatic N) is 2. The highest BCUT2D eigenvalue weighted by Crippen LogP contribution is 2.25. The molecule has 0 saturated carbocycles. The number of carbonyl (C=O) groups is 1. The van der Waals surface area contributed by atoms with Gasteiger partial charge < -0.3 is 5.32 Å². The lowest BCUT2D eigenvalue weighted by molar-refractivity contribution is -0.120. The van der Waals surface area contributed by atoms with E-state index in [1.54, 1.807) is 36.4 Å². The van der Waals surface area contributed by atoms with Crippen LogP contribution in [0.1, 0.15) is 12.8 Å². The fourth-order valence-electron chi connectivity index (χ4n) is 3.46. The van der Waals surface area contributed by atoms with Crippen LogP contribution in [0.4, 0.5) is 5.82 Å². The lowest BCUT2D eigenvalue weighted by atomic mass is 9.97. The van der Waals surface area contributed by atoms with E-state index in [1.807, 2.05) is 30.3 Å². The van der Waals surface area contributed by atoms with Gasteiger partial charge in [0.15, 0.2) is 0 Å². The number of piperidine rings is 1. The molecule has 144 valence electrons. The van der Waals surface area contributed by atoms with Crippen LogP contribution in [0, 0.1) is 5.92 Å². The SMILES string of the molecule is O=C(Nc1ccc2ccccc2n1)C1CCN(S(=O)(=O)c2ccccc2)CC1. The van der Waals surface area contributed by atoms with Crippen LogP contribution in [0.2, 0.25) is 0 Å². The lowest BCUT2D eigenvalue weighted by Gasteiger charge is -2.30. The first kappa shape index (κ1) is 18.6. The number of benzene rings is 2. The Kier molecular flexibility index (Phi) is 5.11. The summed E-state index contributed by atoms with van der Waals surface area (Å²) in [5, 5.41) is 3.88. The first-order chi connectivity index (χ1) is 13.5. The van der Waals surface area contributed by atoms with Crippen LogP contribution in [-0.2, 0) is 14.8 Å². The fraction of sp³-hybridized carbons (Fsp3) is 0.238. The maximum Gasteiger partial charge on any atom is 0.243 e. The molecule has 0 bridgehead atoms. The standard InChI is InChI=1S/C21H21N3O3S/c25-21(23-20-11-10-16-6-4-5-9-19(16)22-20)17-12-14-24(15-13-17)28(26,27)18-7-2-1-3-8-18/h1-11,17H,12-15H2,(H,22,23,25). The molecule has 0 aliphatic carbocycles. The summed E-state index contributed by atoms with van der Waals surface area (Å²) >= 11 is 0. The lowest BCUT2D eigenvalue weighted by Crippen LogP contribution is -2.41. The number of fused-ring (bicyclic) bond motifs is 1. The van der Waals surface area contributed by atoms with Crippen molar-refractivity contribution in [3.8, 4) is 0 Å². The summed E-state index contributed by atoms with van der Waals surface area (Å²) in [6.07, 6.45) is 0.983. The van der Waals surface area contributed by atoms with Crippen LogP contribution in [0.3, 0.4) is 0 Å². The monoisotopic (exact) mass is 395 g/mol. The van der Waals surface area contributed by atoms with Gasteiger partial charge in [-0.3, -0.25) is 4.79 Å². The minimum Gasteiger partial charge on any atom is -0.310 e. The van der Waals surface area contributed by atoms with E-state index in [1.165, 1.54) is 4.31 Å². The summed E-state index contributed by atoms with van der Waals surface area (Å²) in [5.74, 6) is 0.179. The number of hydrogen-bond donors (Lipinski definition) is 1. The molecule has 1 aromatic heterocycles. The Balaban J connectivity index is 1.39. The van der Waals surface area contributed by atoms with Gasteiger partial charge in [0.25, 0.3) is 0 Å². The second-order valence-corrected chi connectivity index (χ2v) is 8.81. The van der Waals surface area contributed by atoms with Crippen molar-refractivity contribution in [2.75, 3.05) is 18.4 Å². The second kappa shape index (κ2) is 7.69. The largest absolute Gasteiger partial charge is 0.310 e. The Bertz CT molecular complexity index is 1090. The molecule has 3 aromatic rings. The van der Waals surface area contributed by atoms with Gasteiger partial charge in [0.05, 0.1) is 10.4 Å². The van der Waals surface area contributed by atoms with Gasteiger partial charge in [-0.05, 0) is 43.2 Å². The van der Waals surface area contributed by atoms with Crippen molar-refractivity contribution in [3.63, 3.8) is 0 Å². The van der Waals surface area contributed by atoms with E-state index in [9.17, 15) is 13.2 Å². The van der Waals surface area contributed by atoms with Gasteiger partial charge in [-0.15, -0.1) is 0 Å². The highest BCUT2D eigenvalue weighted by molar-refractivity contribution is 7.89. The van der Waals surface area contributed by atoms with Crippen molar-refractivity contribution in [1.29, 1.82) is 0 Å². The minimum atomic E-state index is -3.51. The first-order valence-electron chi connectivity index (χ1n) is 9.26. The van der Waals surface area contributed by atoms with Gasteiger partial charge in [-0.2, -0.15) is 4.31 Å². The molecule has 2 aromatic carbocycles. The summed E-state index contributed by atoms with van der Waals surface area (Å²) < 4.78 is 26.8. The molecular formula is C21H21N3O3S. The van der Waals surface area contributed by atoms with Crippen LogP contribution in [-0.4, -0.2) is 36.7 Å². The van der Waals surface area contributed by atoms with E-state index < -0.39 is 10.0 Å². The van der Waals surface area contributed by atoms with Gasteiger partial charge in [0.2, 0.25) is 15.9 Å². The number of amides is 1. The normalized spacial score (nSPS) is 16.1. The molecule has 1 amide bonds. The third-order valence-corrected chi connectivity index (χ3v) is 6.97. The van der Waals surface area contributed by atoms with E-state index in [4.69, 9.17) is 0 Å². The first-order valence-corrected chi connectivity index (χ1v) is 10.7. The molecule has 28 heavy (non-hydrogen) atoms. The van der Waals surface area contributed by atoms with Gasteiger partial charge in [-0.1, -0.05) is 36.4 Å². The van der Waals surface area contributed by atoms with Crippen molar-refractivity contribution in [1.82, 2.24) is 9.29 Å². The molecule has 1 N–H and O–H groups in total. The molecule has 4 rings (SSSR count). The number of pyridine rings is 1. The molecule has 1 aliphatic heterocycles. The Labute approximate surface area is 164 Å². The number of carbonyl (C=O) groups excluding carboxylic acids is 1. The molecule has 0 radical (unpaired) electrons. The van der Waals surface area contributed by atoms with E-state index in [0.717, 1.165) is 10.9 Å². The van der Waals surface area contributed by atoms with Crippen LogP contribution in [0.25, 0.3) is 10.9 Å². The molecule has 6 nitrogen and oxygen atoms in total. The molecule has 0 atom stereocenters. The van der Waals surface area contributed by atoms with Gasteiger partial charge in [0.1, 0.15) is 5.82 Å². The summed E-state index contributed by atoms with van der Waals surface area (Å²) in [4.78, 5) is 17.4. The molecular weight excluding hydrogens is 374 g/mol. The van der Waals surface area contributed by atoms with Gasteiger partial charge >= 0.3 is 0 Å². The number of sulfonamides is 1. The van der Waals surface area contributed by atoms with Crippen molar-refractivity contribution >= 4 is 32.7 Å². The van der Waals surface area contributed by atoms with Crippen molar-refractivity contribution < 1.29 is 13.2 Å². The Morgan fingerprint density at radius 1 is 0.929 bits per heavy atom. The van der Waals surface area contributed by atoms with Crippen molar-refractivity contribution in [2.45, 2.75) is 17.7 Å². The smallest absolute Gasteiger partial charge is 0.243 e. The Morgan fingerprint density at radius 2 is 1.61 bits per heavy atom. The molecule has 2 heterocycles. The second-order valence-electron chi connectivity index (χ2n) is 6.87. The van der Waals surface area contributed by atoms with Crippen LogP contribution >= 0.6 is 0 Å². The van der Waals surface area contributed by atoms with E-state index in [0.29, 0.717) is 36.6 Å². The summed E-state index contributed by atoms with van der Waals surface area (Å²) in [5.41, 5.74) is 0.823. The highest BCUT2D eigenvalue weighted by Gasteiger charge is 2.32. The van der Waals surface area contributed by atoms with E-state index in [-0.39, 0.29) is 11.8 Å². The fourth-order valence-corrected chi connectivity index (χ4v) is 4.95. The van der Waals surface area contributed by atoms with Gasteiger partial charge in [-0.25, -0.2) is 13.4 Å². The zero-order valence-corrected chi connectivity index (χ0v) is 16.1. The zero-order chi connectivity index (χ0) is 19.6. The molecule has 7 heteroatoms. The third kappa shape index (κ3) is 3.76. The van der Waals surface area contributed by atoms with Crippen molar-refractivity contribution in [2.24, 2.45) is 5.92 Å². The Hall–Kier alpha value is -2.77. The molecule has 0 unspecified atom stereocenters. The zero-order valence-electron chi connectivity index (χ0n) is 15.3. The number of anilines is 1. The molecule has 1 fully saturated rings. The average molecular weight is 395 g/mol. The number of rotatable bonds is 4. The number of nitrogens with one attached hydrogen (secondary N) is 1. The minimum absolute atomic E-state index is 0.112. The van der Waals surface area contributed by atoms with E-state index in [2.05, 4.69) is 10.3 Å². The average Bonchev–Trinajstić information content (AvgIpc) is 2.74. The highest BCUT2D eigenvalue weighted by atomic mass is 32.2. The van der Waals surface area contributed by atoms with Crippen LogP contribution in [0.5, 0.6) is 0 Å². The maximum atomic E-state index is 12.7. The molecule has 1 aliphatic rings. The topological polar surface area (TPSA) is 79.4 Å². The summed E-state index contributed by atoms with van der Waals surface area (Å²) in [6, 6.07) is 19.8. The predicted octanol–water partition coefficient (Wildman–Crippen LogP) is 3.27. The van der Waals surface area contributed by atoms with E-state index >= 15 is 0 Å². The van der Waals surface area contributed by atoms with Crippen LogP contribution < -0.4 is 5.32 Å². The third-order valence-electron chi connectivity index (χ3n) is 5.06. The van der Waals surface area contributed by atoms with Crippen LogP contribution in [0.15, 0.2) is 71.6 Å². The summed E-state index contributed by atoms with van der Waals surface area (Å²) in [6.45, 7) is 0.668. The number of hydrogen-bond acceptors (Lipinski definition) is 4. The molecule has 1 saturated heterocycles.